The van der Waals surface area contributed by atoms with E-state index in [0.717, 1.165) is 0 Å². The first kappa shape index (κ1) is 19.9. The minimum Gasteiger partial charge on any atom is -0.437 e. The van der Waals surface area contributed by atoms with E-state index in [1.807, 2.05) is 6.92 Å². The minimum absolute atomic E-state index is 0.149. The fourth-order valence-electron chi connectivity index (χ4n) is 2.39. The maximum atomic E-state index is 8.51. The molecule has 0 fully saturated rings. The third kappa shape index (κ3) is 4.49. The summed E-state index contributed by atoms with van der Waals surface area (Å²) in [7, 11) is 3.46. The van der Waals surface area contributed by atoms with E-state index >= 15 is 0 Å². The molecule has 0 aliphatic heterocycles. The Morgan fingerprint density at radius 1 is 1.04 bits per heavy atom. The van der Waals surface area contributed by atoms with Crippen molar-refractivity contribution in [1.82, 2.24) is 15.0 Å². The van der Waals surface area contributed by atoms with Crippen molar-refractivity contribution in [3.05, 3.63) is 64.5 Å². The maximum Gasteiger partial charge on any atom is 0.235 e. The molecule has 0 spiro atoms. The van der Waals surface area contributed by atoms with E-state index < -0.39 is 0 Å². The normalized spacial score (nSPS) is 10.5. The predicted molar refractivity (Wildman–Crippen MR) is 112 cm³/mol. The van der Waals surface area contributed by atoms with Crippen LogP contribution in [0.3, 0.4) is 0 Å². The summed E-state index contributed by atoms with van der Waals surface area (Å²) in [6.45, 7) is 1.83. The molecule has 0 atom stereocenters. The van der Waals surface area contributed by atoms with E-state index in [9.17, 15) is 0 Å². The fourth-order valence-corrected chi connectivity index (χ4v) is 2.68. The van der Waals surface area contributed by atoms with Crippen molar-refractivity contribution in [2.75, 3.05) is 23.9 Å². The number of pyridine rings is 1. The van der Waals surface area contributed by atoms with Gasteiger partial charge in [0.2, 0.25) is 17.8 Å². The molecule has 1 N–H and O–H groups in total. The van der Waals surface area contributed by atoms with Gasteiger partial charge in [0.1, 0.15) is 5.75 Å². The Bertz CT molecular complexity index is 999. The van der Waals surface area contributed by atoms with Gasteiger partial charge in [-0.15, -0.1) is 0 Å². The maximum absolute atomic E-state index is 8.51. The lowest BCUT2D eigenvalue weighted by molar-refractivity contribution is 0.459. The molecule has 7 nitrogen and oxygen atoms in total. The monoisotopic (exact) mass is 416 g/mol. The van der Waals surface area contributed by atoms with Crippen molar-refractivity contribution < 1.29 is 4.74 Å². The summed E-state index contributed by atoms with van der Waals surface area (Å²) in [5.41, 5.74) is 1.42. The van der Waals surface area contributed by atoms with Gasteiger partial charge < -0.3 is 9.64 Å². The van der Waals surface area contributed by atoms with Crippen molar-refractivity contribution in [1.29, 1.82) is 5.41 Å². The molecule has 0 amide bonds. The number of guanidine groups is 1. The van der Waals surface area contributed by atoms with Crippen LogP contribution in [0.15, 0.2) is 48.8 Å². The molecule has 3 aromatic rings. The summed E-state index contributed by atoms with van der Waals surface area (Å²) >= 11 is 12.1. The lowest BCUT2D eigenvalue weighted by atomic mass is 10.3. The molecule has 28 heavy (non-hydrogen) atoms. The molecule has 0 unspecified atom stereocenters. The second-order valence-corrected chi connectivity index (χ2v) is 6.79. The molecule has 2 heterocycles. The topological polar surface area (TPSA) is 78.2 Å². The summed E-state index contributed by atoms with van der Waals surface area (Å²) in [4.78, 5) is 16.0. The van der Waals surface area contributed by atoms with Crippen LogP contribution >= 0.6 is 23.2 Å². The fraction of sp³-hybridized carbons (Fsp3) is 0.158. The van der Waals surface area contributed by atoms with Crippen molar-refractivity contribution in [2.45, 2.75) is 6.92 Å². The Balaban J connectivity index is 1.83. The largest absolute Gasteiger partial charge is 0.437 e. The van der Waals surface area contributed by atoms with Gasteiger partial charge in [-0.1, -0.05) is 23.2 Å². The number of anilines is 2. The number of rotatable bonds is 4. The minimum atomic E-state index is 0.149. The first-order valence-electron chi connectivity index (χ1n) is 8.30. The Labute approximate surface area is 173 Å². The van der Waals surface area contributed by atoms with Crippen LogP contribution in [0.5, 0.6) is 11.6 Å². The highest BCUT2D eigenvalue weighted by Gasteiger charge is 2.18. The van der Waals surface area contributed by atoms with Crippen LogP contribution in [0.1, 0.15) is 5.69 Å². The number of hydrogen-bond acceptors (Lipinski definition) is 5. The number of nitrogens with one attached hydrogen (secondary N) is 1. The third-order valence-corrected chi connectivity index (χ3v) is 4.64. The van der Waals surface area contributed by atoms with Gasteiger partial charge in [-0.3, -0.25) is 15.3 Å². The number of hydrogen-bond donors (Lipinski definition) is 1. The van der Waals surface area contributed by atoms with Crippen LogP contribution in [0.2, 0.25) is 10.0 Å². The molecule has 0 bridgehead atoms. The third-order valence-electron chi connectivity index (χ3n) is 3.90. The second-order valence-electron chi connectivity index (χ2n) is 5.98. The zero-order valence-electron chi connectivity index (χ0n) is 15.5. The van der Waals surface area contributed by atoms with Gasteiger partial charge in [0.25, 0.3) is 0 Å². The van der Waals surface area contributed by atoms with Gasteiger partial charge >= 0.3 is 0 Å². The van der Waals surface area contributed by atoms with Crippen LogP contribution in [0.4, 0.5) is 11.6 Å². The van der Waals surface area contributed by atoms with Gasteiger partial charge in [-0.05, 0) is 37.3 Å². The van der Waals surface area contributed by atoms with Crippen LogP contribution < -0.4 is 14.5 Å². The Morgan fingerprint density at radius 3 is 2.50 bits per heavy atom. The second kappa shape index (κ2) is 8.41. The summed E-state index contributed by atoms with van der Waals surface area (Å²) in [6.07, 6.45) is 3.26. The smallest absolute Gasteiger partial charge is 0.235 e. The molecule has 0 aliphatic carbocycles. The molecule has 0 radical (unpaired) electrons. The van der Waals surface area contributed by atoms with Gasteiger partial charge in [0, 0.05) is 37.7 Å². The number of benzene rings is 1. The van der Waals surface area contributed by atoms with E-state index in [4.69, 9.17) is 33.3 Å². The Hall–Kier alpha value is -2.90. The molecule has 144 valence electrons. The first-order chi connectivity index (χ1) is 13.3. The zero-order chi connectivity index (χ0) is 20.3. The highest BCUT2D eigenvalue weighted by Crippen LogP contribution is 2.27. The van der Waals surface area contributed by atoms with Crippen molar-refractivity contribution in [2.24, 2.45) is 0 Å². The molecule has 9 heteroatoms. The van der Waals surface area contributed by atoms with Crippen LogP contribution in [0.25, 0.3) is 0 Å². The van der Waals surface area contributed by atoms with Crippen LogP contribution in [0, 0.1) is 12.3 Å². The quantitative estimate of drug-likeness (QED) is 0.486. The van der Waals surface area contributed by atoms with Gasteiger partial charge in [-0.25, -0.2) is 4.98 Å². The zero-order valence-corrected chi connectivity index (χ0v) is 17.0. The van der Waals surface area contributed by atoms with Gasteiger partial charge in [-0.2, -0.15) is 4.98 Å². The average molecular weight is 417 g/mol. The number of aromatic nitrogens is 3. The Morgan fingerprint density at radius 2 is 1.82 bits per heavy atom. The molecule has 0 saturated heterocycles. The highest BCUT2D eigenvalue weighted by atomic mass is 35.5. The molecule has 0 aliphatic rings. The summed E-state index contributed by atoms with van der Waals surface area (Å²) in [5.74, 6) is 1.41. The van der Waals surface area contributed by atoms with E-state index in [-0.39, 0.29) is 5.96 Å². The lowest BCUT2D eigenvalue weighted by Gasteiger charge is -2.27. The van der Waals surface area contributed by atoms with Gasteiger partial charge in [0.05, 0.1) is 16.2 Å². The predicted octanol–water partition coefficient (Wildman–Crippen LogP) is 4.79. The van der Waals surface area contributed by atoms with Crippen molar-refractivity contribution in [3.8, 4) is 11.6 Å². The molecule has 2 aromatic heterocycles. The summed E-state index contributed by atoms with van der Waals surface area (Å²) < 4.78 is 5.75. The SMILES string of the molecule is Cc1cc(Oc2cccnc2)nc(N(C)C(=N)N(C)c2ccc(Cl)c(Cl)c2)n1. The standard InChI is InChI=1S/C19H18Cl2N6O/c1-12-9-17(28-14-5-4-8-23-11-14)25-19(24-12)27(3)18(22)26(2)13-6-7-15(20)16(21)10-13/h4-11,22H,1-3H3. The summed E-state index contributed by atoms with van der Waals surface area (Å²) in [5, 5.41) is 9.38. The van der Waals surface area contributed by atoms with E-state index in [1.165, 1.54) is 0 Å². The van der Waals surface area contributed by atoms with Gasteiger partial charge in [0.15, 0.2) is 0 Å². The van der Waals surface area contributed by atoms with Crippen molar-refractivity contribution >= 4 is 40.8 Å². The van der Waals surface area contributed by atoms with Crippen LogP contribution in [-0.2, 0) is 0 Å². The van der Waals surface area contributed by atoms with E-state index in [1.54, 1.807) is 72.7 Å². The first-order valence-corrected chi connectivity index (χ1v) is 9.05. The number of halogens is 2. The molecule has 0 saturated carbocycles. The van der Waals surface area contributed by atoms with E-state index in [0.29, 0.717) is 39.0 Å². The number of ether oxygens (including phenoxy) is 1. The molecular weight excluding hydrogens is 399 g/mol. The molecule has 3 rings (SSSR count). The average Bonchev–Trinajstić information content (AvgIpc) is 2.68. The summed E-state index contributed by atoms with van der Waals surface area (Å²) in [6, 6.07) is 10.4. The number of aryl methyl sites for hydroxylation is 1. The van der Waals surface area contributed by atoms with Crippen LogP contribution in [-0.4, -0.2) is 35.0 Å². The van der Waals surface area contributed by atoms with E-state index in [2.05, 4.69) is 15.0 Å². The lowest BCUT2D eigenvalue weighted by Crippen LogP contribution is -2.40. The Kier molecular flexibility index (Phi) is 5.96. The molecular formula is C19H18Cl2N6O. The highest BCUT2D eigenvalue weighted by molar-refractivity contribution is 6.42. The van der Waals surface area contributed by atoms with Crippen molar-refractivity contribution in [3.63, 3.8) is 0 Å². The molecule has 1 aromatic carbocycles. The number of nitrogens with zero attached hydrogens (tertiary/aromatic N) is 5.